The Bertz CT molecular complexity index is 1400. The van der Waals surface area contributed by atoms with Crippen LogP contribution >= 0.6 is 0 Å². The van der Waals surface area contributed by atoms with E-state index in [1.54, 1.807) is 30.3 Å². The summed E-state index contributed by atoms with van der Waals surface area (Å²) in [4.78, 5) is 37.2. The number of aliphatic carboxylic acids is 1. The van der Waals surface area contributed by atoms with Gasteiger partial charge in [-0.05, 0) is 36.4 Å². The molecular formula is C31H40N2O16. The van der Waals surface area contributed by atoms with Crippen molar-refractivity contribution in [1.82, 2.24) is 10.6 Å². The quantitative estimate of drug-likeness (QED) is 0.0915. The van der Waals surface area contributed by atoms with E-state index in [0.717, 1.165) is 0 Å². The van der Waals surface area contributed by atoms with Gasteiger partial charge in [0.15, 0.2) is 0 Å². The Kier molecular flexibility index (Phi) is 12.9. The van der Waals surface area contributed by atoms with Crippen LogP contribution in [0.3, 0.4) is 0 Å². The summed E-state index contributed by atoms with van der Waals surface area (Å²) < 4.78 is 27.5. The molecule has 18 nitrogen and oxygen atoms in total. The minimum Gasteiger partial charge on any atom is -0.497 e. The van der Waals surface area contributed by atoms with Crippen molar-refractivity contribution in [3.8, 4) is 11.5 Å². The Morgan fingerprint density at radius 2 is 1.61 bits per heavy atom. The van der Waals surface area contributed by atoms with Gasteiger partial charge in [0.25, 0.3) is 11.7 Å². The Morgan fingerprint density at radius 3 is 2.22 bits per heavy atom. The first kappa shape index (κ1) is 37.9. The second-order valence-corrected chi connectivity index (χ2v) is 11.4. The van der Waals surface area contributed by atoms with E-state index in [4.69, 9.17) is 23.7 Å². The first-order chi connectivity index (χ1) is 23.3. The molecule has 0 bridgehead atoms. The third-order valence-corrected chi connectivity index (χ3v) is 8.07. The van der Waals surface area contributed by atoms with Gasteiger partial charge in [-0.3, -0.25) is 9.59 Å². The second kappa shape index (κ2) is 16.6. The van der Waals surface area contributed by atoms with E-state index >= 15 is 0 Å². The minimum absolute atomic E-state index is 0.181. The van der Waals surface area contributed by atoms with Crippen LogP contribution in [-0.4, -0.2) is 152 Å². The van der Waals surface area contributed by atoms with Crippen LogP contribution in [0.25, 0.3) is 0 Å². The number of hydrogen-bond acceptors (Lipinski definition) is 15. The molecule has 2 fully saturated rings. The van der Waals surface area contributed by atoms with Crippen molar-refractivity contribution in [3.05, 3.63) is 60.2 Å². The fourth-order valence-electron chi connectivity index (χ4n) is 5.33. The molecule has 0 saturated carbocycles. The second-order valence-electron chi connectivity index (χ2n) is 11.4. The molecule has 2 aromatic rings. The maximum Gasteiger partial charge on any atom is 0.364 e. The fourth-order valence-corrected chi connectivity index (χ4v) is 5.33. The zero-order valence-electron chi connectivity index (χ0n) is 26.1. The zero-order chi connectivity index (χ0) is 35.9. The lowest BCUT2D eigenvalue weighted by atomic mass is 9.88. The number of carbonyl (C=O) groups is 3. The molecule has 18 heteroatoms. The Hall–Kier alpha value is -3.95. The van der Waals surface area contributed by atoms with Gasteiger partial charge >= 0.3 is 5.97 Å². The summed E-state index contributed by atoms with van der Waals surface area (Å²) in [5.74, 6) is -5.61. The van der Waals surface area contributed by atoms with E-state index in [0.29, 0.717) is 5.75 Å². The van der Waals surface area contributed by atoms with E-state index < -0.39 is 111 Å². The lowest BCUT2D eigenvalue weighted by Gasteiger charge is -2.47. The number of rotatable bonds is 14. The molecule has 11 atom stereocenters. The van der Waals surface area contributed by atoms with Gasteiger partial charge in [-0.1, -0.05) is 18.2 Å². The van der Waals surface area contributed by atoms with E-state index in [9.17, 15) is 55.2 Å². The minimum atomic E-state index is -2.81. The molecule has 270 valence electrons. The number of nitrogens with one attached hydrogen (secondary N) is 2. The largest absolute Gasteiger partial charge is 0.497 e. The van der Waals surface area contributed by atoms with Gasteiger partial charge in [0.05, 0.1) is 32.0 Å². The monoisotopic (exact) mass is 696 g/mol. The van der Waals surface area contributed by atoms with Gasteiger partial charge in [0, 0.05) is 18.5 Å². The van der Waals surface area contributed by atoms with Gasteiger partial charge in [-0.2, -0.15) is 0 Å². The zero-order valence-corrected chi connectivity index (χ0v) is 26.1. The number of ether oxygens (including phenoxy) is 5. The van der Waals surface area contributed by atoms with Crippen LogP contribution < -0.4 is 20.1 Å². The molecule has 49 heavy (non-hydrogen) atoms. The summed E-state index contributed by atoms with van der Waals surface area (Å²) in [6, 6.07) is 12.3. The molecule has 2 saturated heterocycles. The molecule has 0 aromatic heterocycles. The van der Waals surface area contributed by atoms with Crippen LogP contribution in [0, 0.1) is 0 Å². The standard InChI is InChI=1S/C31H40N2O16/c1-45-16-7-9-17(10-8-16)47-29-26(41)25(40)24(39)20(48-29)14-46-31(30(43)44)11-18(35)22(33-21(37)13-34)27(49-31)23(38)19(36)12-32-28(42)15-5-3-2-4-6-15/h2-10,18-20,22-27,29,34-36,38-41H,11-14H2,1H3,(H,32,42)(H,33,37)(H,43,44)/t18-,19+,20+,22+,23+,24-,25-,26+,27+,29+,31+/m0/s1. The lowest BCUT2D eigenvalue weighted by Crippen LogP contribution is -2.69. The predicted octanol–water partition coefficient (Wildman–Crippen LogP) is -3.54. The fraction of sp³-hybridized carbons (Fsp3) is 0.516. The predicted molar refractivity (Wildman–Crippen MR) is 162 cm³/mol. The molecule has 4 rings (SSSR count). The molecule has 10 N–H and O–H groups in total. The topological polar surface area (TPSA) is 283 Å². The number of carbonyl (C=O) groups excluding carboxylic acids is 2. The van der Waals surface area contributed by atoms with Crippen molar-refractivity contribution in [3.63, 3.8) is 0 Å². The van der Waals surface area contributed by atoms with Crippen molar-refractivity contribution < 1.29 is 78.9 Å². The normalized spacial score (nSPS) is 31.2. The van der Waals surface area contributed by atoms with Gasteiger partial charge < -0.3 is 75.2 Å². The molecule has 0 radical (unpaired) electrons. The van der Waals surface area contributed by atoms with Crippen LogP contribution in [0.15, 0.2) is 54.6 Å². The number of aliphatic hydroxyl groups excluding tert-OH is 7. The summed E-state index contributed by atoms with van der Waals surface area (Å²) in [5.41, 5.74) is 0.237. The Morgan fingerprint density at radius 1 is 0.959 bits per heavy atom. The van der Waals surface area contributed by atoms with Crippen LogP contribution in [0.2, 0.25) is 0 Å². The molecule has 2 heterocycles. The lowest BCUT2D eigenvalue weighted by molar-refractivity contribution is -0.331. The summed E-state index contributed by atoms with van der Waals surface area (Å²) >= 11 is 0. The van der Waals surface area contributed by atoms with Crippen LogP contribution in [0.5, 0.6) is 11.5 Å². The number of carboxylic acids is 1. The highest BCUT2D eigenvalue weighted by molar-refractivity contribution is 5.94. The average Bonchev–Trinajstić information content (AvgIpc) is 3.11. The first-order valence-corrected chi connectivity index (χ1v) is 15.1. The summed E-state index contributed by atoms with van der Waals surface area (Å²) in [6.07, 6.45) is -17.1. The number of amides is 2. The van der Waals surface area contributed by atoms with Gasteiger partial charge in [-0.15, -0.1) is 0 Å². The van der Waals surface area contributed by atoms with Crippen LogP contribution in [0.4, 0.5) is 0 Å². The highest BCUT2D eigenvalue weighted by Gasteiger charge is 2.57. The van der Waals surface area contributed by atoms with Gasteiger partial charge in [0.1, 0.15) is 54.7 Å². The van der Waals surface area contributed by atoms with Crippen molar-refractivity contribution in [1.29, 1.82) is 0 Å². The highest BCUT2D eigenvalue weighted by atomic mass is 16.7. The van der Waals surface area contributed by atoms with Crippen molar-refractivity contribution in [2.45, 2.75) is 73.4 Å². The molecule has 2 aliphatic rings. The smallest absolute Gasteiger partial charge is 0.364 e. The maximum atomic E-state index is 12.6. The van der Waals surface area contributed by atoms with Crippen molar-refractivity contribution in [2.75, 3.05) is 26.9 Å². The van der Waals surface area contributed by atoms with E-state index in [1.165, 1.54) is 31.4 Å². The molecule has 2 aliphatic heterocycles. The number of methoxy groups -OCH3 is 1. The third-order valence-electron chi connectivity index (χ3n) is 8.07. The summed E-state index contributed by atoms with van der Waals surface area (Å²) in [7, 11) is 1.45. The van der Waals surface area contributed by atoms with Crippen molar-refractivity contribution >= 4 is 17.8 Å². The van der Waals surface area contributed by atoms with E-state index in [1.807, 2.05) is 0 Å². The number of benzene rings is 2. The van der Waals surface area contributed by atoms with Crippen LogP contribution in [0.1, 0.15) is 16.8 Å². The van der Waals surface area contributed by atoms with E-state index in [-0.39, 0.29) is 11.3 Å². The van der Waals surface area contributed by atoms with Crippen molar-refractivity contribution in [2.24, 2.45) is 0 Å². The average molecular weight is 697 g/mol. The summed E-state index contributed by atoms with van der Waals surface area (Å²) in [5, 5.41) is 88.6. The van der Waals surface area contributed by atoms with Gasteiger partial charge in [-0.25, -0.2) is 4.79 Å². The number of hydrogen-bond donors (Lipinski definition) is 10. The molecule has 0 aliphatic carbocycles. The molecule has 0 unspecified atom stereocenters. The first-order valence-electron chi connectivity index (χ1n) is 15.1. The number of carboxylic acid groups (broad SMARTS) is 1. The summed E-state index contributed by atoms with van der Waals surface area (Å²) in [6.45, 7) is -2.48. The third kappa shape index (κ3) is 9.00. The molecule has 2 amide bonds. The molecule has 2 aromatic carbocycles. The van der Waals surface area contributed by atoms with Crippen LogP contribution in [-0.2, 0) is 23.8 Å². The Labute approximate surface area is 279 Å². The molecular weight excluding hydrogens is 656 g/mol. The maximum absolute atomic E-state index is 12.6. The Balaban J connectivity index is 1.51. The molecule has 0 spiro atoms. The van der Waals surface area contributed by atoms with Gasteiger partial charge in [0.2, 0.25) is 12.2 Å². The van der Waals surface area contributed by atoms with E-state index in [2.05, 4.69) is 10.6 Å². The number of aliphatic hydroxyl groups is 7. The SMILES string of the molecule is COc1ccc(O[C@@H]2O[C@H](CO[C@]3(C(=O)O)C[C@H](O)[C@@H](NC(=O)CO)[C@H]([C@H](O)[C@H](O)CNC(=O)c4ccccc4)O3)[C@H](O)[C@H](O)[C@H]2O)cc1. The highest BCUT2D eigenvalue weighted by Crippen LogP contribution is 2.35.